The molecule has 0 radical (unpaired) electrons. The van der Waals surface area contributed by atoms with Crippen LogP contribution in [0.15, 0.2) is 108 Å². The molecule has 1 heterocycles. The van der Waals surface area contributed by atoms with Crippen molar-refractivity contribution in [1.82, 2.24) is 0 Å². The fourth-order valence-electron chi connectivity index (χ4n) is 5.71. The molecule has 4 aromatic rings. The zero-order chi connectivity index (χ0) is 24.0. The summed E-state index contributed by atoms with van der Waals surface area (Å²) in [6.45, 7) is 4.18. The number of ketones is 1. The topological polar surface area (TPSA) is 32.7 Å². The van der Waals surface area contributed by atoms with Gasteiger partial charge in [0.2, 0.25) is 0 Å². The second kappa shape index (κ2) is 8.35. The molecule has 35 heavy (non-hydrogen) atoms. The maximum absolute atomic E-state index is 14.6. The van der Waals surface area contributed by atoms with Crippen LogP contribution in [0.4, 0.5) is 5.69 Å². The third kappa shape index (κ3) is 3.42. The number of anilines is 1. The van der Waals surface area contributed by atoms with Crippen LogP contribution in [0.3, 0.4) is 0 Å². The first-order valence-electron chi connectivity index (χ1n) is 12.3. The van der Waals surface area contributed by atoms with E-state index in [0.717, 1.165) is 40.1 Å². The van der Waals surface area contributed by atoms with E-state index < -0.39 is 5.54 Å². The first kappa shape index (κ1) is 21.5. The fourth-order valence-corrected chi connectivity index (χ4v) is 5.71. The number of hydrogen-bond donors (Lipinski definition) is 0. The Morgan fingerprint density at radius 2 is 1.40 bits per heavy atom. The van der Waals surface area contributed by atoms with Gasteiger partial charge in [0, 0.05) is 5.56 Å². The molecular weight excluding hydrogens is 428 g/mol. The number of nitrogens with zero attached hydrogens (tertiary/aromatic N) is 2. The van der Waals surface area contributed by atoms with Gasteiger partial charge in [-0.15, -0.1) is 0 Å². The van der Waals surface area contributed by atoms with Crippen molar-refractivity contribution in [3.63, 3.8) is 0 Å². The minimum atomic E-state index is -0.829. The summed E-state index contributed by atoms with van der Waals surface area (Å²) >= 11 is 0. The highest BCUT2D eigenvalue weighted by atomic mass is 16.1. The molecule has 0 N–H and O–H groups in total. The molecule has 0 aromatic heterocycles. The maximum Gasteiger partial charge on any atom is 0.191 e. The summed E-state index contributed by atoms with van der Waals surface area (Å²) in [7, 11) is 0. The lowest BCUT2D eigenvalue weighted by molar-refractivity contribution is 0.0856. The van der Waals surface area contributed by atoms with E-state index in [1.165, 1.54) is 11.1 Å². The predicted octanol–water partition coefficient (Wildman–Crippen LogP) is 6.88. The summed E-state index contributed by atoms with van der Waals surface area (Å²) in [6, 6.07) is 35.4. The van der Waals surface area contributed by atoms with Gasteiger partial charge in [-0.2, -0.15) is 5.10 Å². The van der Waals surface area contributed by atoms with Crippen LogP contribution in [0, 0.1) is 13.8 Å². The van der Waals surface area contributed by atoms with Gasteiger partial charge >= 0.3 is 0 Å². The van der Waals surface area contributed by atoms with E-state index in [9.17, 15) is 4.79 Å². The van der Waals surface area contributed by atoms with Crippen LogP contribution in [-0.2, 0) is 6.42 Å². The maximum atomic E-state index is 14.6. The second-order valence-corrected chi connectivity index (χ2v) is 9.75. The van der Waals surface area contributed by atoms with Crippen molar-refractivity contribution < 1.29 is 4.79 Å². The van der Waals surface area contributed by atoms with Crippen molar-refractivity contribution >= 4 is 17.2 Å². The van der Waals surface area contributed by atoms with Gasteiger partial charge in [0.05, 0.1) is 17.3 Å². The number of aryl methyl sites for hydroxylation is 3. The van der Waals surface area contributed by atoms with Gasteiger partial charge < -0.3 is 0 Å². The highest BCUT2D eigenvalue weighted by molar-refractivity contribution is 6.18. The van der Waals surface area contributed by atoms with E-state index in [1.54, 1.807) is 0 Å². The Balaban J connectivity index is 1.63. The van der Waals surface area contributed by atoms with E-state index in [0.29, 0.717) is 6.42 Å². The number of hydrogen-bond acceptors (Lipinski definition) is 3. The summed E-state index contributed by atoms with van der Waals surface area (Å²) in [5.41, 5.74) is 7.58. The van der Waals surface area contributed by atoms with Gasteiger partial charge in [-0.05, 0) is 55.5 Å². The molecule has 2 unspecified atom stereocenters. The van der Waals surface area contributed by atoms with Crippen LogP contribution in [-0.4, -0.2) is 17.0 Å². The molecule has 0 saturated carbocycles. The van der Waals surface area contributed by atoms with Gasteiger partial charge in [-0.25, -0.2) is 0 Å². The third-order valence-corrected chi connectivity index (χ3v) is 7.53. The van der Waals surface area contributed by atoms with Crippen LogP contribution in [0.25, 0.3) is 0 Å². The Morgan fingerprint density at radius 3 is 2.11 bits per heavy atom. The largest absolute Gasteiger partial charge is 0.291 e. The third-order valence-electron chi connectivity index (χ3n) is 7.53. The Morgan fingerprint density at radius 1 is 0.771 bits per heavy atom. The second-order valence-electron chi connectivity index (χ2n) is 9.75. The number of fused-ring (bicyclic) bond motifs is 1. The number of benzene rings is 4. The molecule has 2 aliphatic rings. The van der Waals surface area contributed by atoms with Gasteiger partial charge in [0.1, 0.15) is 5.54 Å². The zero-order valence-corrected chi connectivity index (χ0v) is 20.1. The standard InChI is InChI=1S/C32H28N2O/c1-22-12-16-25(17-13-22)29-30(26-9-4-3-5-10-26)33-34(27-18-14-23(2)15-19-27)32(29)21-20-24-8-6-7-11-28(24)31(32)35/h3-19,29H,20-21H2,1-2H3. The van der Waals surface area contributed by atoms with Gasteiger partial charge in [-0.3, -0.25) is 9.80 Å². The minimum absolute atomic E-state index is 0.153. The van der Waals surface area contributed by atoms with E-state index in [4.69, 9.17) is 5.10 Å². The zero-order valence-electron chi connectivity index (χ0n) is 20.1. The quantitative estimate of drug-likeness (QED) is 0.337. The Bertz CT molecular complexity index is 1420. The molecule has 4 aromatic carbocycles. The van der Waals surface area contributed by atoms with E-state index >= 15 is 0 Å². The molecule has 172 valence electrons. The molecule has 0 bridgehead atoms. The molecule has 6 rings (SSSR count). The van der Waals surface area contributed by atoms with Crippen molar-refractivity contribution in [2.45, 2.75) is 38.1 Å². The van der Waals surface area contributed by atoms with E-state index in [2.05, 4.69) is 80.6 Å². The molecule has 1 aliphatic carbocycles. The lowest BCUT2D eigenvalue weighted by Crippen LogP contribution is -2.56. The molecule has 0 amide bonds. The first-order chi connectivity index (χ1) is 17.1. The molecule has 3 nitrogen and oxygen atoms in total. The van der Waals surface area contributed by atoms with Crippen molar-refractivity contribution in [3.05, 3.63) is 137 Å². The van der Waals surface area contributed by atoms with Crippen LogP contribution in [0.5, 0.6) is 0 Å². The Kier molecular flexibility index (Phi) is 5.14. The summed E-state index contributed by atoms with van der Waals surface area (Å²) in [4.78, 5) is 14.6. The van der Waals surface area contributed by atoms with Crippen LogP contribution >= 0.6 is 0 Å². The lowest BCUT2D eigenvalue weighted by Gasteiger charge is -2.44. The van der Waals surface area contributed by atoms with Crippen molar-refractivity contribution in [2.75, 3.05) is 5.01 Å². The highest BCUT2D eigenvalue weighted by Crippen LogP contribution is 2.51. The highest BCUT2D eigenvalue weighted by Gasteiger charge is 2.59. The molecule has 1 spiro atoms. The SMILES string of the molecule is Cc1ccc(C2C(c3ccccc3)=NN(c3ccc(C)cc3)C23CCc2ccccc2C3=O)cc1. The monoisotopic (exact) mass is 456 g/mol. The normalized spacial score (nSPS) is 21.2. The van der Waals surface area contributed by atoms with Crippen LogP contribution in [0.1, 0.15) is 50.5 Å². The molecule has 1 aliphatic heterocycles. The molecule has 0 saturated heterocycles. The molecule has 3 heteroatoms. The average Bonchev–Trinajstić information content (AvgIpc) is 3.24. The van der Waals surface area contributed by atoms with Gasteiger partial charge in [0.25, 0.3) is 0 Å². The number of Topliss-reactive ketones (excluding diaryl/α,β-unsaturated/α-hetero) is 1. The molecular formula is C32H28N2O. The number of carbonyl (C=O) groups is 1. The van der Waals surface area contributed by atoms with E-state index in [1.807, 2.05) is 41.4 Å². The van der Waals surface area contributed by atoms with Crippen molar-refractivity contribution in [1.29, 1.82) is 0 Å². The van der Waals surface area contributed by atoms with E-state index in [-0.39, 0.29) is 11.7 Å². The number of hydrazone groups is 1. The Labute approximate surface area is 206 Å². The predicted molar refractivity (Wildman–Crippen MR) is 142 cm³/mol. The van der Waals surface area contributed by atoms with Crippen LogP contribution < -0.4 is 5.01 Å². The average molecular weight is 457 g/mol. The molecule has 2 atom stereocenters. The van der Waals surface area contributed by atoms with Crippen molar-refractivity contribution in [2.24, 2.45) is 5.10 Å². The van der Waals surface area contributed by atoms with Crippen molar-refractivity contribution in [3.8, 4) is 0 Å². The summed E-state index contributed by atoms with van der Waals surface area (Å²) in [5.74, 6) is -0.0344. The molecule has 0 fully saturated rings. The Hall–Kier alpha value is -3.98. The fraction of sp³-hybridized carbons (Fsp3) is 0.188. The smallest absolute Gasteiger partial charge is 0.191 e. The summed E-state index contributed by atoms with van der Waals surface area (Å²) in [5, 5.41) is 7.31. The lowest BCUT2D eigenvalue weighted by atomic mass is 9.65. The van der Waals surface area contributed by atoms with Gasteiger partial charge in [0.15, 0.2) is 5.78 Å². The summed E-state index contributed by atoms with van der Waals surface area (Å²) < 4.78 is 0. The van der Waals surface area contributed by atoms with Crippen LogP contribution in [0.2, 0.25) is 0 Å². The van der Waals surface area contributed by atoms with Gasteiger partial charge in [-0.1, -0.05) is 102 Å². The summed E-state index contributed by atoms with van der Waals surface area (Å²) in [6.07, 6.45) is 1.54. The number of rotatable bonds is 3. The minimum Gasteiger partial charge on any atom is -0.291 e. The first-order valence-corrected chi connectivity index (χ1v) is 12.3. The number of carbonyl (C=O) groups excluding carboxylic acids is 1.